The first-order chi connectivity index (χ1) is 7.86. The summed E-state index contributed by atoms with van der Waals surface area (Å²) >= 11 is 0. The maximum absolute atomic E-state index is 11.3. The minimum Gasteiger partial charge on any atom is -0.397 e. The number of nitrogen functional groups attached to an aromatic ring is 1. The third-order valence-electron chi connectivity index (χ3n) is 2.40. The number of nitrogens with zero attached hydrogens (tertiary/aromatic N) is 2. The Balaban J connectivity index is 3.03. The quantitative estimate of drug-likeness (QED) is 0.809. The van der Waals surface area contributed by atoms with Gasteiger partial charge in [-0.2, -0.15) is 5.26 Å². The fourth-order valence-electron chi connectivity index (χ4n) is 1.45. The number of sulfone groups is 1. The van der Waals surface area contributed by atoms with Gasteiger partial charge in [-0.1, -0.05) is 0 Å². The Morgan fingerprint density at radius 3 is 2.59 bits per heavy atom. The highest BCUT2D eigenvalue weighted by molar-refractivity contribution is 7.90. The van der Waals surface area contributed by atoms with E-state index >= 15 is 0 Å². The standard InChI is InChI=1S/C11H15N3O2S/c1-14(7-3-6-12)11-5-4-9(8-10(11)13)17(2,15)16/h4-5,8H,3,7,13H2,1-2H3. The fourth-order valence-corrected chi connectivity index (χ4v) is 2.11. The summed E-state index contributed by atoms with van der Waals surface area (Å²) in [5.74, 6) is 0. The summed E-state index contributed by atoms with van der Waals surface area (Å²) < 4.78 is 22.7. The molecule has 5 nitrogen and oxygen atoms in total. The fraction of sp³-hybridized carbons (Fsp3) is 0.364. The van der Waals surface area contributed by atoms with Crippen molar-refractivity contribution in [3.05, 3.63) is 18.2 Å². The highest BCUT2D eigenvalue weighted by atomic mass is 32.2. The molecule has 1 aromatic rings. The molecule has 0 radical (unpaired) electrons. The summed E-state index contributed by atoms with van der Waals surface area (Å²) in [5, 5.41) is 8.49. The third-order valence-corrected chi connectivity index (χ3v) is 3.51. The van der Waals surface area contributed by atoms with E-state index in [1.807, 2.05) is 18.0 Å². The maximum atomic E-state index is 11.3. The van der Waals surface area contributed by atoms with Crippen molar-refractivity contribution in [2.24, 2.45) is 0 Å². The van der Waals surface area contributed by atoms with Gasteiger partial charge in [-0.3, -0.25) is 0 Å². The lowest BCUT2D eigenvalue weighted by molar-refractivity contribution is 0.602. The normalized spacial score (nSPS) is 10.9. The van der Waals surface area contributed by atoms with Crippen LogP contribution in [0.3, 0.4) is 0 Å². The van der Waals surface area contributed by atoms with Crippen LogP contribution in [-0.2, 0) is 9.84 Å². The van der Waals surface area contributed by atoms with Crippen LogP contribution >= 0.6 is 0 Å². The molecule has 0 bridgehead atoms. The maximum Gasteiger partial charge on any atom is 0.175 e. The number of rotatable bonds is 4. The van der Waals surface area contributed by atoms with Crippen LogP contribution in [-0.4, -0.2) is 28.3 Å². The van der Waals surface area contributed by atoms with Crippen molar-refractivity contribution in [2.75, 3.05) is 30.5 Å². The van der Waals surface area contributed by atoms with Crippen LogP contribution in [0.25, 0.3) is 0 Å². The van der Waals surface area contributed by atoms with Crippen molar-refractivity contribution < 1.29 is 8.42 Å². The second-order valence-electron chi connectivity index (χ2n) is 3.82. The van der Waals surface area contributed by atoms with Gasteiger partial charge in [0.05, 0.1) is 28.8 Å². The molecule has 0 aliphatic rings. The van der Waals surface area contributed by atoms with Crippen molar-refractivity contribution >= 4 is 21.2 Å². The summed E-state index contributed by atoms with van der Waals surface area (Å²) in [5.41, 5.74) is 6.93. The largest absolute Gasteiger partial charge is 0.397 e. The van der Waals surface area contributed by atoms with Gasteiger partial charge in [0, 0.05) is 19.8 Å². The molecule has 0 spiro atoms. The number of hydrogen-bond donors (Lipinski definition) is 1. The summed E-state index contributed by atoms with van der Waals surface area (Å²) in [6.45, 7) is 0.554. The van der Waals surface area contributed by atoms with Gasteiger partial charge < -0.3 is 10.6 Å². The van der Waals surface area contributed by atoms with Crippen molar-refractivity contribution in [1.82, 2.24) is 0 Å². The lowest BCUT2D eigenvalue weighted by Gasteiger charge is -2.20. The molecular formula is C11H15N3O2S. The van der Waals surface area contributed by atoms with Gasteiger partial charge in [0.1, 0.15) is 0 Å². The highest BCUT2D eigenvalue weighted by Crippen LogP contribution is 2.25. The second-order valence-corrected chi connectivity index (χ2v) is 5.84. The lowest BCUT2D eigenvalue weighted by atomic mass is 10.2. The van der Waals surface area contributed by atoms with Crippen LogP contribution in [0.2, 0.25) is 0 Å². The van der Waals surface area contributed by atoms with Crippen molar-refractivity contribution in [1.29, 1.82) is 5.26 Å². The van der Waals surface area contributed by atoms with Gasteiger partial charge in [0.15, 0.2) is 9.84 Å². The van der Waals surface area contributed by atoms with E-state index in [1.165, 1.54) is 12.1 Å². The lowest BCUT2D eigenvalue weighted by Crippen LogP contribution is -2.19. The molecule has 17 heavy (non-hydrogen) atoms. The zero-order chi connectivity index (χ0) is 13.1. The smallest absolute Gasteiger partial charge is 0.175 e. The van der Waals surface area contributed by atoms with E-state index in [-0.39, 0.29) is 4.90 Å². The zero-order valence-electron chi connectivity index (χ0n) is 9.84. The van der Waals surface area contributed by atoms with Gasteiger partial charge in [0.2, 0.25) is 0 Å². The molecule has 0 saturated heterocycles. The van der Waals surface area contributed by atoms with E-state index in [4.69, 9.17) is 11.0 Å². The first-order valence-corrected chi connectivity index (χ1v) is 6.93. The predicted molar refractivity (Wildman–Crippen MR) is 67.5 cm³/mol. The van der Waals surface area contributed by atoms with Crippen LogP contribution in [0.4, 0.5) is 11.4 Å². The van der Waals surface area contributed by atoms with E-state index in [9.17, 15) is 8.42 Å². The summed E-state index contributed by atoms with van der Waals surface area (Å²) in [6, 6.07) is 6.66. The Hall–Kier alpha value is -1.74. The van der Waals surface area contributed by atoms with E-state index < -0.39 is 9.84 Å². The number of nitrogens with two attached hydrogens (primary N) is 1. The number of anilines is 2. The Kier molecular flexibility index (Phi) is 3.97. The molecule has 0 saturated carbocycles. The number of hydrogen-bond acceptors (Lipinski definition) is 5. The Morgan fingerprint density at radius 2 is 2.12 bits per heavy atom. The molecule has 6 heteroatoms. The molecule has 1 rings (SSSR count). The molecule has 0 amide bonds. The van der Waals surface area contributed by atoms with Crippen LogP contribution in [0, 0.1) is 11.3 Å². The molecular weight excluding hydrogens is 238 g/mol. The van der Waals surface area contributed by atoms with Crippen molar-refractivity contribution in [2.45, 2.75) is 11.3 Å². The minimum absolute atomic E-state index is 0.201. The monoisotopic (exact) mass is 253 g/mol. The molecule has 0 atom stereocenters. The van der Waals surface area contributed by atoms with E-state index in [2.05, 4.69) is 0 Å². The summed E-state index contributed by atoms with van der Waals surface area (Å²) in [7, 11) is -1.43. The molecule has 0 aliphatic heterocycles. The van der Waals surface area contributed by atoms with Gasteiger partial charge in [-0.25, -0.2) is 8.42 Å². The topological polar surface area (TPSA) is 87.2 Å². The first kappa shape index (κ1) is 13.3. The first-order valence-electron chi connectivity index (χ1n) is 5.04. The predicted octanol–water partition coefficient (Wildman–Crippen LogP) is 1.02. The molecule has 0 fully saturated rings. The van der Waals surface area contributed by atoms with Crippen molar-refractivity contribution in [3.8, 4) is 6.07 Å². The molecule has 0 aromatic heterocycles. The summed E-state index contributed by atoms with van der Waals surface area (Å²) in [6.07, 6.45) is 1.53. The SMILES string of the molecule is CN(CCC#N)c1ccc(S(C)(=O)=O)cc1N. The van der Waals surface area contributed by atoms with E-state index in [1.54, 1.807) is 6.07 Å². The van der Waals surface area contributed by atoms with Crippen molar-refractivity contribution in [3.63, 3.8) is 0 Å². The van der Waals surface area contributed by atoms with Gasteiger partial charge in [-0.15, -0.1) is 0 Å². The molecule has 0 aliphatic carbocycles. The third kappa shape index (κ3) is 3.36. The average Bonchev–Trinajstić information content (AvgIpc) is 2.24. The zero-order valence-corrected chi connectivity index (χ0v) is 10.7. The molecule has 92 valence electrons. The Labute approximate surface area is 101 Å². The molecule has 0 heterocycles. The van der Waals surface area contributed by atoms with E-state index in [0.717, 1.165) is 11.9 Å². The highest BCUT2D eigenvalue weighted by Gasteiger charge is 2.11. The second kappa shape index (κ2) is 5.06. The molecule has 0 unspecified atom stereocenters. The van der Waals surface area contributed by atoms with Gasteiger partial charge >= 0.3 is 0 Å². The van der Waals surface area contributed by atoms with Crippen LogP contribution < -0.4 is 10.6 Å². The summed E-state index contributed by atoms with van der Waals surface area (Å²) in [4.78, 5) is 2.03. The number of benzene rings is 1. The number of nitriles is 1. The molecule has 2 N–H and O–H groups in total. The van der Waals surface area contributed by atoms with Crippen LogP contribution in [0.5, 0.6) is 0 Å². The van der Waals surface area contributed by atoms with E-state index in [0.29, 0.717) is 18.7 Å². The Morgan fingerprint density at radius 1 is 1.47 bits per heavy atom. The van der Waals surface area contributed by atoms with Gasteiger partial charge in [-0.05, 0) is 18.2 Å². The minimum atomic E-state index is -3.24. The van der Waals surface area contributed by atoms with Crippen LogP contribution in [0.15, 0.2) is 23.1 Å². The Bertz CT molecular complexity index is 546. The average molecular weight is 253 g/mol. The molecule has 1 aromatic carbocycles. The van der Waals surface area contributed by atoms with Crippen LogP contribution in [0.1, 0.15) is 6.42 Å². The van der Waals surface area contributed by atoms with Gasteiger partial charge in [0.25, 0.3) is 0 Å².